The zero-order valence-electron chi connectivity index (χ0n) is 8.10. The van der Waals surface area contributed by atoms with Crippen molar-refractivity contribution in [2.75, 3.05) is 6.54 Å². The molecule has 0 saturated heterocycles. The molecule has 0 fully saturated rings. The number of hydrogen-bond acceptors (Lipinski definition) is 3. The second-order valence-corrected chi connectivity index (χ2v) is 4.09. The van der Waals surface area contributed by atoms with Gasteiger partial charge in [0.25, 0.3) is 0 Å². The van der Waals surface area contributed by atoms with Crippen LogP contribution in [0.2, 0.25) is 0 Å². The lowest BCUT2D eigenvalue weighted by Gasteiger charge is -2.02. The molecular weight excluding hydrogens is 194 g/mol. The van der Waals surface area contributed by atoms with Gasteiger partial charge in [-0.05, 0) is 18.0 Å². The van der Waals surface area contributed by atoms with E-state index >= 15 is 0 Å². The van der Waals surface area contributed by atoms with E-state index < -0.39 is 0 Å². The van der Waals surface area contributed by atoms with Crippen LogP contribution in [0.5, 0.6) is 0 Å². The van der Waals surface area contributed by atoms with E-state index in [0.29, 0.717) is 6.54 Å². The van der Waals surface area contributed by atoms with Crippen LogP contribution in [-0.2, 0) is 13.5 Å². The zero-order valence-corrected chi connectivity index (χ0v) is 8.92. The minimum atomic E-state index is 0.665. The first-order chi connectivity index (χ1) is 6.83. The predicted molar refractivity (Wildman–Crippen MR) is 59.3 cm³/mol. The summed E-state index contributed by atoms with van der Waals surface area (Å²) in [7, 11) is 1.96. The van der Waals surface area contributed by atoms with Crippen LogP contribution in [0.4, 0.5) is 0 Å². The summed E-state index contributed by atoms with van der Waals surface area (Å²) in [5.74, 6) is 0. The summed E-state index contributed by atoms with van der Waals surface area (Å²) in [5, 5.41) is 6.34. The van der Waals surface area contributed by atoms with Crippen LogP contribution >= 0.6 is 11.3 Å². The Labute approximate surface area is 87.2 Å². The molecule has 2 aromatic heterocycles. The van der Waals surface area contributed by atoms with E-state index in [2.05, 4.69) is 22.6 Å². The van der Waals surface area contributed by atoms with Crippen molar-refractivity contribution in [3.63, 3.8) is 0 Å². The average molecular weight is 207 g/mol. The van der Waals surface area contributed by atoms with Crippen LogP contribution in [-0.4, -0.2) is 16.3 Å². The van der Waals surface area contributed by atoms with Gasteiger partial charge < -0.3 is 5.73 Å². The van der Waals surface area contributed by atoms with E-state index in [4.69, 9.17) is 5.73 Å². The Kier molecular flexibility index (Phi) is 2.65. The first-order valence-electron chi connectivity index (χ1n) is 4.57. The third-order valence-corrected chi connectivity index (χ3v) is 3.13. The Balaban J connectivity index is 2.43. The topological polar surface area (TPSA) is 43.8 Å². The molecule has 0 aromatic carbocycles. The summed E-state index contributed by atoms with van der Waals surface area (Å²) in [5.41, 5.74) is 8.01. The van der Waals surface area contributed by atoms with Gasteiger partial charge in [-0.2, -0.15) is 5.10 Å². The van der Waals surface area contributed by atoms with Crippen molar-refractivity contribution in [2.24, 2.45) is 12.8 Å². The normalized spacial score (nSPS) is 10.7. The Hall–Kier alpha value is -1.13. The van der Waals surface area contributed by atoms with Crippen LogP contribution in [0.1, 0.15) is 5.69 Å². The molecule has 0 aliphatic rings. The molecule has 0 saturated carbocycles. The molecule has 0 radical (unpaired) electrons. The fraction of sp³-hybridized carbons (Fsp3) is 0.300. The van der Waals surface area contributed by atoms with Crippen molar-refractivity contribution in [1.29, 1.82) is 0 Å². The van der Waals surface area contributed by atoms with E-state index in [1.165, 1.54) is 16.1 Å². The van der Waals surface area contributed by atoms with Gasteiger partial charge in [0, 0.05) is 29.6 Å². The van der Waals surface area contributed by atoms with Crippen molar-refractivity contribution < 1.29 is 0 Å². The molecule has 2 heterocycles. The fourth-order valence-electron chi connectivity index (χ4n) is 1.53. The van der Waals surface area contributed by atoms with Crippen molar-refractivity contribution in [1.82, 2.24) is 9.78 Å². The largest absolute Gasteiger partial charge is 0.330 e. The highest BCUT2D eigenvalue weighted by Gasteiger charge is 2.09. The summed E-state index contributed by atoms with van der Waals surface area (Å²) in [6, 6.07) is 4.17. The molecule has 74 valence electrons. The highest BCUT2D eigenvalue weighted by Crippen LogP contribution is 2.27. The molecule has 14 heavy (non-hydrogen) atoms. The van der Waals surface area contributed by atoms with Gasteiger partial charge >= 0.3 is 0 Å². The number of rotatable bonds is 3. The molecule has 2 aromatic rings. The quantitative estimate of drug-likeness (QED) is 0.831. The molecule has 3 nitrogen and oxygen atoms in total. The second kappa shape index (κ2) is 3.94. The molecule has 2 N–H and O–H groups in total. The van der Waals surface area contributed by atoms with Gasteiger partial charge in [-0.15, -0.1) is 11.3 Å². The molecule has 0 atom stereocenters. The minimum absolute atomic E-state index is 0.665. The lowest BCUT2D eigenvalue weighted by Crippen LogP contribution is -2.08. The van der Waals surface area contributed by atoms with Gasteiger partial charge in [0.2, 0.25) is 0 Å². The monoisotopic (exact) mass is 207 g/mol. The van der Waals surface area contributed by atoms with E-state index in [0.717, 1.165) is 6.42 Å². The molecule has 0 unspecified atom stereocenters. The average Bonchev–Trinajstić information content (AvgIpc) is 2.77. The van der Waals surface area contributed by atoms with Crippen LogP contribution < -0.4 is 5.73 Å². The second-order valence-electron chi connectivity index (χ2n) is 3.14. The maximum Gasteiger partial charge on any atom is 0.0579 e. The Morgan fingerprint density at radius 2 is 2.43 bits per heavy atom. The summed E-state index contributed by atoms with van der Waals surface area (Å²) >= 11 is 1.74. The summed E-state index contributed by atoms with van der Waals surface area (Å²) < 4.78 is 1.90. The van der Waals surface area contributed by atoms with Crippen molar-refractivity contribution in [3.8, 4) is 10.4 Å². The number of nitrogens with zero attached hydrogens (tertiary/aromatic N) is 2. The van der Waals surface area contributed by atoms with Crippen molar-refractivity contribution >= 4 is 11.3 Å². The first kappa shape index (κ1) is 9.43. The van der Waals surface area contributed by atoms with Crippen molar-refractivity contribution in [2.45, 2.75) is 6.42 Å². The Bertz CT molecular complexity index is 403. The summed E-state index contributed by atoms with van der Waals surface area (Å²) in [6.45, 7) is 0.665. The van der Waals surface area contributed by atoms with Gasteiger partial charge in [0.05, 0.1) is 6.20 Å². The maximum atomic E-state index is 5.57. The highest BCUT2D eigenvalue weighted by atomic mass is 32.1. The fourth-order valence-corrected chi connectivity index (χ4v) is 2.29. The summed E-state index contributed by atoms with van der Waals surface area (Å²) in [4.78, 5) is 1.27. The number of hydrogen-bond donors (Lipinski definition) is 1. The molecule has 0 bridgehead atoms. The molecular formula is C10H13N3S. The zero-order chi connectivity index (χ0) is 9.97. The standard InChI is InChI=1S/C10H13N3S/c1-13-9(4-5-11)8(7-12-13)10-3-2-6-14-10/h2-3,6-7H,4-5,11H2,1H3. The maximum absolute atomic E-state index is 5.57. The third kappa shape index (κ3) is 1.58. The van der Waals surface area contributed by atoms with Gasteiger partial charge in [-0.25, -0.2) is 0 Å². The van der Waals surface area contributed by atoms with Crippen LogP contribution in [0.3, 0.4) is 0 Å². The van der Waals surface area contributed by atoms with Gasteiger partial charge in [0.1, 0.15) is 0 Å². The number of thiophene rings is 1. The van der Waals surface area contributed by atoms with E-state index in [1.807, 2.05) is 17.9 Å². The highest BCUT2D eigenvalue weighted by molar-refractivity contribution is 7.13. The van der Waals surface area contributed by atoms with Crippen LogP contribution in [0, 0.1) is 0 Å². The molecule has 4 heteroatoms. The summed E-state index contributed by atoms with van der Waals surface area (Å²) in [6.07, 6.45) is 2.79. The first-order valence-corrected chi connectivity index (χ1v) is 5.45. The molecule has 0 spiro atoms. The van der Waals surface area contributed by atoms with Crippen LogP contribution in [0.15, 0.2) is 23.7 Å². The number of nitrogens with two attached hydrogens (primary N) is 1. The lowest BCUT2D eigenvalue weighted by atomic mass is 10.1. The van der Waals surface area contributed by atoms with Crippen molar-refractivity contribution in [3.05, 3.63) is 29.4 Å². The van der Waals surface area contributed by atoms with Gasteiger partial charge in [0.15, 0.2) is 0 Å². The molecule has 0 aliphatic heterocycles. The minimum Gasteiger partial charge on any atom is -0.330 e. The molecule has 0 amide bonds. The molecule has 0 aliphatic carbocycles. The predicted octanol–water partition coefficient (Wildman–Crippen LogP) is 1.65. The number of aromatic nitrogens is 2. The van der Waals surface area contributed by atoms with E-state index in [-0.39, 0.29) is 0 Å². The van der Waals surface area contributed by atoms with Crippen LogP contribution in [0.25, 0.3) is 10.4 Å². The van der Waals surface area contributed by atoms with E-state index in [9.17, 15) is 0 Å². The Morgan fingerprint density at radius 1 is 1.57 bits per heavy atom. The van der Waals surface area contributed by atoms with Gasteiger partial charge in [-0.3, -0.25) is 4.68 Å². The smallest absolute Gasteiger partial charge is 0.0579 e. The van der Waals surface area contributed by atoms with E-state index in [1.54, 1.807) is 11.3 Å². The number of aryl methyl sites for hydroxylation is 1. The third-order valence-electron chi connectivity index (χ3n) is 2.23. The SMILES string of the molecule is Cn1ncc(-c2cccs2)c1CCN. The lowest BCUT2D eigenvalue weighted by molar-refractivity contribution is 0.707. The Morgan fingerprint density at radius 3 is 3.07 bits per heavy atom. The van der Waals surface area contributed by atoms with Gasteiger partial charge in [-0.1, -0.05) is 6.07 Å². The molecule has 2 rings (SSSR count).